The Hall–Kier alpha value is -0.120. The van der Waals surface area contributed by atoms with Gasteiger partial charge in [-0.25, -0.2) is 0 Å². The normalized spacial score (nSPS) is 11.8. The minimum Gasteiger partial charge on any atom is -0.392 e. The summed E-state index contributed by atoms with van der Waals surface area (Å²) in [4.78, 5) is 0. The number of aliphatic hydroxyl groups is 1. The molecule has 1 rings (SSSR count). The lowest BCUT2D eigenvalue weighted by Crippen LogP contribution is -1.83. The van der Waals surface area contributed by atoms with Crippen molar-refractivity contribution in [2.24, 2.45) is 0 Å². The maximum Gasteiger partial charge on any atom is 0.0618 e. The van der Waals surface area contributed by atoms with Crippen molar-refractivity contribution in [3.8, 4) is 0 Å². The lowest BCUT2D eigenvalue weighted by atomic mass is 10.1. The zero-order valence-corrected chi connectivity index (χ0v) is 10.4. The largest absolute Gasteiger partial charge is 0.392 e. The van der Waals surface area contributed by atoms with Crippen LogP contribution in [0, 0.1) is 0 Å². The predicted molar refractivity (Wildman–Crippen MR) is 62.6 cm³/mol. The highest BCUT2D eigenvalue weighted by Gasteiger charge is 1.98. The minimum atomic E-state index is 0.0793. The van der Waals surface area contributed by atoms with Gasteiger partial charge in [-0.2, -0.15) is 0 Å². The Bertz CT molecular complexity index is 311. The van der Waals surface area contributed by atoms with Crippen LogP contribution in [0.5, 0.6) is 0 Å². The van der Waals surface area contributed by atoms with Crippen LogP contribution < -0.4 is 0 Å². The summed E-state index contributed by atoms with van der Waals surface area (Å²) in [7, 11) is 0. The molecule has 13 heavy (non-hydrogen) atoms. The number of hydrogen-bond acceptors (Lipinski definition) is 1. The highest BCUT2D eigenvalue weighted by atomic mass is 79.9. The van der Waals surface area contributed by atoms with Gasteiger partial charge in [0, 0.05) is 8.95 Å². The molecule has 0 atom stereocenters. The zero-order chi connectivity index (χ0) is 9.84. The molecule has 0 aromatic heterocycles. The summed E-state index contributed by atoms with van der Waals surface area (Å²) in [6.45, 7) is 2.06. The van der Waals surface area contributed by atoms with Crippen molar-refractivity contribution in [1.29, 1.82) is 0 Å². The molecule has 1 aromatic carbocycles. The Morgan fingerprint density at radius 1 is 1.31 bits per heavy atom. The van der Waals surface area contributed by atoms with Gasteiger partial charge in [-0.3, -0.25) is 0 Å². The van der Waals surface area contributed by atoms with Gasteiger partial charge in [0.05, 0.1) is 6.61 Å². The summed E-state index contributed by atoms with van der Waals surface area (Å²) in [5.74, 6) is 0. The molecule has 0 aliphatic heterocycles. The van der Waals surface area contributed by atoms with Gasteiger partial charge in [0.1, 0.15) is 0 Å². The highest BCUT2D eigenvalue weighted by molar-refractivity contribution is 9.11. The van der Waals surface area contributed by atoms with Crippen LogP contribution in [0.25, 0.3) is 5.57 Å². The van der Waals surface area contributed by atoms with Crippen molar-refractivity contribution < 1.29 is 5.11 Å². The van der Waals surface area contributed by atoms with E-state index < -0.39 is 0 Å². The lowest BCUT2D eigenvalue weighted by molar-refractivity contribution is 0.343. The van der Waals surface area contributed by atoms with Crippen LogP contribution in [0.3, 0.4) is 0 Å². The molecule has 0 aliphatic rings. The van der Waals surface area contributed by atoms with Gasteiger partial charge in [0.2, 0.25) is 0 Å². The molecular formula is C10H10Br2O. The second kappa shape index (κ2) is 4.94. The molecular weight excluding hydrogens is 296 g/mol. The first-order valence-electron chi connectivity index (χ1n) is 3.87. The monoisotopic (exact) mass is 304 g/mol. The van der Waals surface area contributed by atoms with Gasteiger partial charge in [0.25, 0.3) is 0 Å². The Kier molecular flexibility index (Phi) is 4.16. The number of aliphatic hydroxyl groups excluding tert-OH is 1. The van der Waals surface area contributed by atoms with E-state index in [1.54, 1.807) is 6.08 Å². The van der Waals surface area contributed by atoms with Gasteiger partial charge >= 0.3 is 0 Å². The smallest absolute Gasteiger partial charge is 0.0618 e. The SMILES string of the molecule is C/C(=C/CO)c1cc(Br)cc(Br)c1. The Morgan fingerprint density at radius 3 is 2.31 bits per heavy atom. The van der Waals surface area contributed by atoms with Crippen molar-refractivity contribution in [2.45, 2.75) is 6.92 Å². The van der Waals surface area contributed by atoms with E-state index >= 15 is 0 Å². The Labute approximate surface area is 94.7 Å². The molecule has 0 amide bonds. The molecule has 0 spiro atoms. The molecule has 3 heteroatoms. The van der Waals surface area contributed by atoms with E-state index in [2.05, 4.69) is 31.9 Å². The summed E-state index contributed by atoms with van der Waals surface area (Å²) in [5, 5.41) is 8.74. The second-order valence-electron chi connectivity index (χ2n) is 2.73. The average molecular weight is 306 g/mol. The average Bonchev–Trinajstić information content (AvgIpc) is 2.03. The third kappa shape index (κ3) is 3.25. The maximum absolute atomic E-state index is 8.74. The Morgan fingerprint density at radius 2 is 1.85 bits per heavy atom. The summed E-state index contributed by atoms with van der Waals surface area (Å²) >= 11 is 6.83. The van der Waals surface area contributed by atoms with Crippen LogP contribution in [0.1, 0.15) is 12.5 Å². The van der Waals surface area contributed by atoms with Gasteiger partial charge in [-0.1, -0.05) is 37.9 Å². The molecule has 0 heterocycles. The summed E-state index contributed by atoms with van der Waals surface area (Å²) in [6.07, 6.45) is 1.79. The third-order valence-corrected chi connectivity index (χ3v) is 2.63. The number of allylic oxidation sites excluding steroid dienone is 1. The fourth-order valence-corrected chi connectivity index (χ4v) is 2.33. The second-order valence-corrected chi connectivity index (χ2v) is 4.56. The number of benzene rings is 1. The minimum absolute atomic E-state index is 0.0793. The van der Waals surface area contributed by atoms with E-state index in [-0.39, 0.29) is 6.61 Å². The molecule has 0 saturated heterocycles. The molecule has 0 saturated carbocycles. The zero-order valence-electron chi connectivity index (χ0n) is 7.22. The standard InChI is InChI=1S/C10H10Br2O/c1-7(2-3-13)8-4-9(11)6-10(12)5-8/h2,4-6,13H,3H2,1H3/b7-2-. The van der Waals surface area contributed by atoms with Crippen LogP contribution in [-0.4, -0.2) is 11.7 Å². The molecule has 1 nitrogen and oxygen atoms in total. The molecule has 0 radical (unpaired) electrons. The van der Waals surface area contributed by atoms with Crippen LogP contribution in [0.15, 0.2) is 33.2 Å². The van der Waals surface area contributed by atoms with Gasteiger partial charge in [-0.05, 0) is 36.3 Å². The third-order valence-electron chi connectivity index (χ3n) is 1.72. The first-order valence-corrected chi connectivity index (χ1v) is 5.46. The van der Waals surface area contributed by atoms with E-state index in [9.17, 15) is 0 Å². The first-order chi connectivity index (χ1) is 6.13. The maximum atomic E-state index is 8.74. The fourth-order valence-electron chi connectivity index (χ4n) is 1.04. The molecule has 1 aromatic rings. The molecule has 70 valence electrons. The summed E-state index contributed by atoms with van der Waals surface area (Å²) < 4.78 is 2.06. The predicted octanol–water partition coefficient (Wildman–Crippen LogP) is 3.61. The van der Waals surface area contributed by atoms with Crippen LogP contribution in [-0.2, 0) is 0 Å². The van der Waals surface area contributed by atoms with Crippen LogP contribution in [0.4, 0.5) is 0 Å². The fraction of sp³-hybridized carbons (Fsp3) is 0.200. The number of halogens is 2. The van der Waals surface area contributed by atoms with E-state index in [1.165, 1.54) is 0 Å². The highest BCUT2D eigenvalue weighted by Crippen LogP contribution is 2.24. The topological polar surface area (TPSA) is 20.2 Å². The van der Waals surface area contributed by atoms with Crippen molar-refractivity contribution in [2.75, 3.05) is 6.61 Å². The lowest BCUT2D eigenvalue weighted by Gasteiger charge is -2.03. The van der Waals surface area contributed by atoms with Crippen LogP contribution >= 0.6 is 31.9 Å². The quantitative estimate of drug-likeness (QED) is 0.885. The van der Waals surface area contributed by atoms with Crippen molar-refractivity contribution in [3.63, 3.8) is 0 Å². The van der Waals surface area contributed by atoms with Crippen LogP contribution in [0.2, 0.25) is 0 Å². The molecule has 0 bridgehead atoms. The van der Waals surface area contributed by atoms with E-state index in [0.717, 1.165) is 20.1 Å². The van der Waals surface area contributed by atoms with E-state index in [1.807, 2.05) is 25.1 Å². The number of hydrogen-bond donors (Lipinski definition) is 1. The van der Waals surface area contributed by atoms with E-state index in [4.69, 9.17) is 5.11 Å². The molecule has 1 N–H and O–H groups in total. The van der Waals surface area contributed by atoms with Crippen molar-refractivity contribution >= 4 is 37.4 Å². The molecule has 0 unspecified atom stereocenters. The van der Waals surface area contributed by atoms with Gasteiger partial charge in [0.15, 0.2) is 0 Å². The van der Waals surface area contributed by atoms with Gasteiger partial charge in [-0.15, -0.1) is 0 Å². The van der Waals surface area contributed by atoms with Gasteiger partial charge < -0.3 is 5.11 Å². The Balaban J connectivity index is 3.08. The van der Waals surface area contributed by atoms with E-state index in [0.29, 0.717) is 0 Å². The molecule has 0 fully saturated rings. The first kappa shape index (κ1) is 11.0. The van der Waals surface area contributed by atoms with Crippen molar-refractivity contribution in [1.82, 2.24) is 0 Å². The summed E-state index contributed by atoms with van der Waals surface area (Å²) in [5.41, 5.74) is 2.18. The van der Waals surface area contributed by atoms with Crippen molar-refractivity contribution in [3.05, 3.63) is 38.8 Å². The summed E-state index contributed by atoms with van der Waals surface area (Å²) in [6, 6.07) is 6.02. The molecule has 0 aliphatic carbocycles. The number of rotatable bonds is 2.